The first-order valence-corrected chi connectivity index (χ1v) is 11.3. The van der Waals surface area contributed by atoms with Crippen molar-refractivity contribution in [3.8, 4) is 0 Å². The number of hydrogen-bond donors (Lipinski definition) is 1. The van der Waals surface area contributed by atoms with Crippen molar-refractivity contribution in [2.24, 2.45) is 0 Å². The summed E-state index contributed by atoms with van der Waals surface area (Å²) < 4.78 is 14.4. The zero-order valence-corrected chi connectivity index (χ0v) is 18.1. The number of nitrogens with zero attached hydrogens (tertiary/aromatic N) is 3. The Morgan fingerprint density at radius 2 is 1.72 bits per heavy atom. The van der Waals surface area contributed by atoms with E-state index < -0.39 is 17.3 Å². The molecule has 3 heterocycles. The van der Waals surface area contributed by atoms with Gasteiger partial charge in [-0.05, 0) is 81.6 Å². The number of likely N-dealkylation sites (tertiary alicyclic amines) is 2. The summed E-state index contributed by atoms with van der Waals surface area (Å²) >= 11 is 0. The third-order valence-electron chi connectivity index (χ3n) is 6.29. The zero-order valence-electron chi connectivity index (χ0n) is 18.1. The van der Waals surface area contributed by atoms with Crippen LogP contribution in [0.15, 0.2) is 47.4 Å². The number of carbonyl (C=O) groups excluding carboxylic acids is 2. The minimum Gasteiger partial charge on any atom is -0.337 e. The maximum Gasteiger partial charge on any atom is 0.263 e. The van der Waals surface area contributed by atoms with Gasteiger partial charge < -0.3 is 19.7 Å². The number of carbonyl (C=O) groups is 2. The fourth-order valence-corrected chi connectivity index (χ4v) is 4.58. The number of hydrogen-bond acceptors (Lipinski definition) is 4. The highest BCUT2D eigenvalue weighted by atomic mass is 19.1. The van der Waals surface area contributed by atoms with Gasteiger partial charge in [0, 0.05) is 31.0 Å². The first-order valence-electron chi connectivity index (χ1n) is 11.3. The van der Waals surface area contributed by atoms with Crippen LogP contribution in [0.3, 0.4) is 0 Å². The summed E-state index contributed by atoms with van der Waals surface area (Å²) in [6.45, 7) is 3.68. The van der Waals surface area contributed by atoms with Crippen LogP contribution in [0.2, 0.25) is 0 Å². The quantitative estimate of drug-likeness (QED) is 0.750. The Bertz CT molecular complexity index is 1010. The van der Waals surface area contributed by atoms with E-state index in [9.17, 15) is 18.8 Å². The summed E-state index contributed by atoms with van der Waals surface area (Å²) in [7, 11) is 0. The van der Waals surface area contributed by atoms with Crippen LogP contribution in [0, 0.1) is 5.82 Å². The average Bonchev–Trinajstić information content (AvgIpc) is 3.30. The molecule has 0 unspecified atom stereocenters. The van der Waals surface area contributed by atoms with Crippen LogP contribution in [-0.4, -0.2) is 58.4 Å². The first-order chi connectivity index (χ1) is 15.5. The molecular formula is C24H29FN4O3. The van der Waals surface area contributed by atoms with Crippen molar-refractivity contribution in [1.29, 1.82) is 0 Å². The molecule has 0 aliphatic carbocycles. The van der Waals surface area contributed by atoms with Crippen molar-refractivity contribution in [1.82, 2.24) is 14.4 Å². The van der Waals surface area contributed by atoms with Gasteiger partial charge >= 0.3 is 0 Å². The van der Waals surface area contributed by atoms with Crippen molar-refractivity contribution in [2.75, 3.05) is 31.5 Å². The standard InChI is InChI=1S/C24H29FN4O3/c25-18-8-10-19(11-9-18)26-23(31)21-7-5-14-28(24(21)32)17-22(30)29-15-2-1-6-20(29)16-27-12-3-4-13-27/h5,7-11,14,20H,1-4,6,12-13,15-17H2,(H,26,31)/t20-/m0/s1. The first kappa shape index (κ1) is 22.2. The average molecular weight is 441 g/mol. The summed E-state index contributed by atoms with van der Waals surface area (Å²) in [5, 5.41) is 2.60. The highest BCUT2D eigenvalue weighted by molar-refractivity contribution is 6.04. The van der Waals surface area contributed by atoms with Gasteiger partial charge in [0.05, 0.1) is 0 Å². The summed E-state index contributed by atoms with van der Waals surface area (Å²) in [6.07, 6.45) is 7.02. The Labute approximate surface area is 186 Å². The molecule has 170 valence electrons. The molecule has 1 aromatic heterocycles. The fourth-order valence-electron chi connectivity index (χ4n) is 4.58. The van der Waals surface area contributed by atoms with Crippen molar-refractivity contribution in [3.63, 3.8) is 0 Å². The molecule has 0 spiro atoms. The molecule has 2 amide bonds. The molecule has 1 N–H and O–H groups in total. The fraction of sp³-hybridized carbons (Fsp3) is 0.458. The molecule has 1 aromatic carbocycles. The van der Waals surface area contributed by atoms with E-state index in [4.69, 9.17) is 0 Å². The third-order valence-corrected chi connectivity index (χ3v) is 6.29. The van der Waals surface area contributed by atoms with Crippen LogP contribution < -0.4 is 10.9 Å². The lowest BCUT2D eigenvalue weighted by Crippen LogP contribution is -2.50. The highest BCUT2D eigenvalue weighted by Crippen LogP contribution is 2.20. The molecule has 2 aliphatic heterocycles. The Morgan fingerprint density at radius 1 is 1.00 bits per heavy atom. The van der Waals surface area contributed by atoms with E-state index in [0.717, 1.165) is 38.9 Å². The topological polar surface area (TPSA) is 74.7 Å². The Morgan fingerprint density at radius 3 is 2.47 bits per heavy atom. The van der Waals surface area contributed by atoms with Gasteiger partial charge in [0.15, 0.2) is 0 Å². The second-order valence-corrected chi connectivity index (χ2v) is 8.56. The van der Waals surface area contributed by atoms with Gasteiger partial charge in [0.25, 0.3) is 11.5 Å². The zero-order chi connectivity index (χ0) is 22.5. The second-order valence-electron chi connectivity index (χ2n) is 8.56. The number of benzene rings is 1. The predicted molar refractivity (Wildman–Crippen MR) is 120 cm³/mol. The number of pyridine rings is 1. The number of anilines is 1. The van der Waals surface area contributed by atoms with E-state index >= 15 is 0 Å². The van der Waals surface area contributed by atoms with Crippen LogP contribution in [0.4, 0.5) is 10.1 Å². The summed E-state index contributed by atoms with van der Waals surface area (Å²) in [4.78, 5) is 42.9. The summed E-state index contributed by atoms with van der Waals surface area (Å²) in [6, 6.07) is 8.51. The van der Waals surface area contributed by atoms with Crippen molar-refractivity contribution < 1.29 is 14.0 Å². The van der Waals surface area contributed by atoms with Gasteiger partial charge in [-0.25, -0.2) is 4.39 Å². The van der Waals surface area contributed by atoms with Gasteiger partial charge in [0.1, 0.15) is 17.9 Å². The van der Waals surface area contributed by atoms with Gasteiger partial charge in [0.2, 0.25) is 5.91 Å². The molecule has 2 aromatic rings. The Kier molecular flexibility index (Phi) is 6.99. The lowest BCUT2D eigenvalue weighted by molar-refractivity contribution is -0.136. The largest absolute Gasteiger partial charge is 0.337 e. The number of amides is 2. The van der Waals surface area contributed by atoms with Crippen LogP contribution in [0.25, 0.3) is 0 Å². The van der Waals surface area contributed by atoms with Crippen LogP contribution in [0.1, 0.15) is 42.5 Å². The molecular weight excluding hydrogens is 411 g/mol. The Balaban J connectivity index is 1.45. The Hall–Kier alpha value is -3.00. The van der Waals surface area contributed by atoms with Gasteiger partial charge in [-0.15, -0.1) is 0 Å². The molecule has 32 heavy (non-hydrogen) atoms. The number of piperidine rings is 1. The summed E-state index contributed by atoms with van der Waals surface area (Å²) in [5.74, 6) is -1.09. The van der Waals surface area contributed by atoms with E-state index in [0.29, 0.717) is 12.2 Å². The smallest absolute Gasteiger partial charge is 0.263 e. The predicted octanol–water partition coefficient (Wildman–Crippen LogP) is 2.72. The lowest BCUT2D eigenvalue weighted by atomic mass is 10.0. The van der Waals surface area contributed by atoms with Crippen LogP contribution in [0.5, 0.6) is 0 Å². The third kappa shape index (κ3) is 5.24. The monoisotopic (exact) mass is 440 g/mol. The molecule has 2 fully saturated rings. The minimum atomic E-state index is -0.590. The molecule has 7 nitrogen and oxygen atoms in total. The molecule has 0 radical (unpaired) electrons. The van der Waals surface area contributed by atoms with Crippen molar-refractivity contribution >= 4 is 17.5 Å². The molecule has 0 saturated carbocycles. The van der Waals surface area contributed by atoms with E-state index in [-0.39, 0.29) is 24.1 Å². The molecule has 0 bridgehead atoms. The van der Waals surface area contributed by atoms with E-state index in [1.54, 1.807) is 6.07 Å². The molecule has 1 atom stereocenters. The van der Waals surface area contributed by atoms with Gasteiger partial charge in [-0.3, -0.25) is 14.4 Å². The number of aromatic nitrogens is 1. The molecule has 4 rings (SSSR count). The second kappa shape index (κ2) is 10.1. The normalized spacial score (nSPS) is 19.2. The lowest BCUT2D eigenvalue weighted by Gasteiger charge is -2.38. The van der Waals surface area contributed by atoms with E-state index in [1.807, 2.05) is 4.90 Å². The summed E-state index contributed by atoms with van der Waals surface area (Å²) in [5.41, 5.74) is -0.189. The van der Waals surface area contributed by atoms with Crippen molar-refractivity contribution in [3.05, 3.63) is 64.3 Å². The number of halogens is 1. The van der Waals surface area contributed by atoms with E-state index in [1.165, 1.54) is 53.9 Å². The van der Waals surface area contributed by atoms with Gasteiger partial charge in [-0.2, -0.15) is 0 Å². The molecule has 2 aliphatic rings. The van der Waals surface area contributed by atoms with Crippen LogP contribution >= 0.6 is 0 Å². The number of nitrogens with one attached hydrogen (secondary N) is 1. The van der Waals surface area contributed by atoms with E-state index in [2.05, 4.69) is 10.2 Å². The van der Waals surface area contributed by atoms with Crippen molar-refractivity contribution in [2.45, 2.75) is 44.7 Å². The SMILES string of the molecule is O=C(Nc1ccc(F)cc1)c1cccn(CC(=O)N2CCCC[C@H]2CN2CCCC2)c1=O. The van der Waals surface area contributed by atoms with Gasteiger partial charge in [-0.1, -0.05) is 0 Å². The number of rotatable bonds is 6. The minimum absolute atomic E-state index is 0.0584. The maximum atomic E-state index is 13.1. The van der Waals surface area contributed by atoms with Crippen LogP contribution in [-0.2, 0) is 11.3 Å². The molecule has 2 saturated heterocycles. The molecule has 8 heteroatoms. The highest BCUT2D eigenvalue weighted by Gasteiger charge is 2.29. The maximum absolute atomic E-state index is 13.1.